The largest absolute Gasteiger partial charge is 0.481 e. The molecule has 2 aromatic heterocycles. The van der Waals surface area contributed by atoms with Crippen LogP contribution in [-0.4, -0.2) is 27.1 Å². The molecule has 2 aromatic rings. The molecule has 6 heteroatoms. The molecular weight excluding hydrogens is 218 g/mol. The van der Waals surface area contributed by atoms with Crippen molar-refractivity contribution in [2.45, 2.75) is 19.5 Å². The molecule has 2 rings (SSSR count). The van der Waals surface area contributed by atoms with Gasteiger partial charge in [0.15, 0.2) is 0 Å². The molecule has 0 aromatic carbocycles. The fraction of sp³-hybridized carbons (Fsp3) is 0.364. The highest BCUT2D eigenvalue weighted by atomic mass is 16.5. The molecule has 0 aliphatic rings. The number of rotatable bonds is 4. The lowest BCUT2D eigenvalue weighted by Crippen LogP contribution is -2.05. The smallest absolute Gasteiger partial charge is 0.218 e. The molecule has 0 saturated heterocycles. The Morgan fingerprint density at radius 2 is 2.35 bits per heavy atom. The van der Waals surface area contributed by atoms with Gasteiger partial charge in [-0.15, -0.1) is 5.10 Å². The van der Waals surface area contributed by atoms with Crippen LogP contribution in [0.25, 0.3) is 0 Å². The van der Waals surface area contributed by atoms with Crippen LogP contribution in [0, 0.1) is 0 Å². The zero-order valence-electron chi connectivity index (χ0n) is 9.87. The van der Waals surface area contributed by atoms with Crippen LogP contribution >= 0.6 is 0 Å². The van der Waals surface area contributed by atoms with E-state index in [1.165, 1.54) is 0 Å². The van der Waals surface area contributed by atoms with Crippen LogP contribution in [0.5, 0.6) is 5.88 Å². The summed E-state index contributed by atoms with van der Waals surface area (Å²) in [6.07, 6.45) is 3.52. The van der Waals surface area contributed by atoms with E-state index in [1.807, 2.05) is 25.3 Å². The second-order valence-electron chi connectivity index (χ2n) is 3.80. The molecule has 0 saturated carbocycles. The van der Waals surface area contributed by atoms with Crippen molar-refractivity contribution < 1.29 is 4.74 Å². The summed E-state index contributed by atoms with van der Waals surface area (Å²) in [6, 6.07) is 3.69. The third-order valence-corrected chi connectivity index (χ3v) is 2.40. The average Bonchev–Trinajstić information content (AvgIpc) is 2.78. The van der Waals surface area contributed by atoms with Crippen molar-refractivity contribution in [3.8, 4) is 5.88 Å². The Bertz CT molecular complexity index is 494. The molecule has 0 spiro atoms. The fourth-order valence-electron chi connectivity index (χ4n) is 1.50. The number of ether oxygens (including phenoxy) is 1. The van der Waals surface area contributed by atoms with Gasteiger partial charge in [0, 0.05) is 17.8 Å². The molecule has 1 atom stereocenters. The first kappa shape index (κ1) is 11.5. The molecule has 0 amide bonds. The minimum Gasteiger partial charge on any atom is -0.481 e. The van der Waals surface area contributed by atoms with Gasteiger partial charge in [0.2, 0.25) is 5.88 Å². The minimum atomic E-state index is -0.112. The van der Waals surface area contributed by atoms with E-state index in [9.17, 15) is 0 Å². The van der Waals surface area contributed by atoms with Crippen molar-refractivity contribution in [2.75, 3.05) is 7.11 Å². The van der Waals surface area contributed by atoms with Crippen LogP contribution in [-0.2, 0) is 6.54 Å². The molecule has 0 aliphatic carbocycles. The van der Waals surface area contributed by atoms with Crippen molar-refractivity contribution in [1.82, 2.24) is 20.0 Å². The summed E-state index contributed by atoms with van der Waals surface area (Å²) in [7, 11) is 1.60. The van der Waals surface area contributed by atoms with Crippen LogP contribution in [0.15, 0.2) is 24.5 Å². The Morgan fingerprint density at radius 1 is 1.53 bits per heavy atom. The molecule has 0 bridgehead atoms. The third-order valence-electron chi connectivity index (χ3n) is 2.40. The topological polar surface area (TPSA) is 78.9 Å². The number of nitrogens with zero attached hydrogens (tertiary/aromatic N) is 4. The van der Waals surface area contributed by atoms with Crippen LogP contribution < -0.4 is 10.5 Å². The summed E-state index contributed by atoms with van der Waals surface area (Å²) in [5, 5.41) is 8.01. The molecule has 6 nitrogen and oxygen atoms in total. The summed E-state index contributed by atoms with van der Waals surface area (Å²) in [6.45, 7) is 2.44. The lowest BCUT2D eigenvalue weighted by molar-refractivity contribution is 0.390. The van der Waals surface area contributed by atoms with Crippen LogP contribution in [0.2, 0.25) is 0 Å². The Morgan fingerprint density at radius 3 is 3.00 bits per heavy atom. The summed E-state index contributed by atoms with van der Waals surface area (Å²) in [5.74, 6) is 0.602. The number of hydrogen-bond acceptors (Lipinski definition) is 5. The molecule has 2 N–H and O–H groups in total. The van der Waals surface area contributed by atoms with E-state index in [0.29, 0.717) is 12.4 Å². The number of hydrogen-bond donors (Lipinski definition) is 1. The summed E-state index contributed by atoms with van der Waals surface area (Å²) >= 11 is 0. The van der Waals surface area contributed by atoms with Crippen LogP contribution in [0.1, 0.15) is 24.2 Å². The highest BCUT2D eigenvalue weighted by Crippen LogP contribution is 2.15. The lowest BCUT2D eigenvalue weighted by atomic mass is 10.2. The Kier molecular flexibility index (Phi) is 3.34. The lowest BCUT2D eigenvalue weighted by Gasteiger charge is -2.05. The van der Waals surface area contributed by atoms with Gasteiger partial charge in [-0.25, -0.2) is 9.67 Å². The second kappa shape index (κ2) is 4.92. The van der Waals surface area contributed by atoms with Crippen molar-refractivity contribution in [1.29, 1.82) is 0 Å². The minimum absolute atomic E-state index is 0.112. The van der Waals surface area contributed by atoms with Gasteiger partial charge in [0.25, 0.3) is 0 Å². The van der Waals surface area contributed by atoms with Gasteiger partial charge in [0.1, 0.15) is 0 Å². The third kappa shape index (κ3) is 2.59. The summed E-state index contributed by atoms with van der Waals surface area (Å²) in [4.78, 5) is 4.13. The first-order valence-corrected chi connectivity index (χ1v) is 5.34. The quantitative estimate of drug-likeness (QED) is 0.843. The number of pyridine rings is 1. The fourth-order valence-corrected chi connectivity index (χ4v) is 1.50. The SMILES string of the molecule is COc1ncccc1Cn1cc(C(C)N)nn1. The van der Waals surface area contributed by atoms with Crippen molar-refractivity contribution >= 4 is 0 Å². The molecule has 17 heavy (non-hydrogen) atoms. The summed E-state index contributed by atoms with van der Waals surface area (Å²) in [5.41, 5.74) is 7.45. The van der Waals surface area contributed by atoms with Crippen molar-refractivity contribution in [3.05, 3.63) is 35.8 Å². The maximum atomic E-state index is 5.72. The van der Waals surface area contributed by atoms with Gasteiger partial charge in [0.05, 0.1) is 25.5 Å². The van der Waals surface area contributed by atoms with E-state index >= 15 is 0 Å². The van der Waals surface area contributed by atoms with E-state index in [1.54, 1.807) is 18.0 Å². The van der Waals surface area contributed by atoms with E-state index < -0.39 is 0 Å². The zero-order valence-corrected chi connectivity index (χ0v) is 9.87. The van der Waals surface area contributed by atoms with Gasteiger partial charge in [-0.1, -0.05) is 11.3 Å². The van der Waals surface area contributed by atoms with Crippen molar-refractivity contribution in [2.24, 2.45) is 5.73 Å². The first-order chi connectivity index (χ1) is 8.20. The number of aromatic nitrogens is 4. The van der Waals surface area contributed by atoms with E-state index in [-0.39, 0.29) is 6.04 Å². The highest BCUT2D eigenvalue weighted by molar-refractivity contribution is 5.25. The summed E-state index contributed by atoms with van der Waals surface area (Å²) < 4.78 is 6.89. The van der Waals surface area contributed by atoms with E-state index in [0.717, 1.165) is 11.3 Å². The molecule has 1 unspecified atom stereocenters. The maximum absolute atomic E-state index is 5.72. The van der Waals surface area contributed by atoms with Gasteiger partial charge >= 0.3 is 0 Å². The zero-order chi connectivity index (χ0) is 12.3. The Labute approximate surface area is 99.4 Å². The average molecular weight is 233 g/mol. The van der Waals surface area contributed by atoms with Crippen LogP contribution in [0.4, 0.5) is 0 Å². The predicted octanol–water partition coefficient (Wildman–Crippen LogP) is 0.750. The monoisotopic (exact) mass is 233 g/mol. The number of methoxy groups -OCH3 is 1. The first-order valence-electron chi connectivity index (χ1n) is 5.34. The normalized spacial score (nSPS) is 12.4. The highest BCUT2D eigenvalue weighted by Gasteiger charge is 2.08. The molecule has 0 radical (unpaired) electrons. The second-order valence-corrected chi connectivity index (χ2v) is 3.80. The van der Waals surface area contributed by atoms with E-state index in [2.05, 4.69) is 15.3 Å². The standard InChI is InChI=1S/C11H15N5O/c1-8(12)10-7-16(15-14-10)6-9-4-3-5-13-11(9)17-2/h3-5,7-8H,6,12H2,1-2H3. The van der Waals surface area contributed by atoms with Gasteiger partial charge < -0.3 is 10.5 Å². The molecule has 2 heterocycles. The van der Waals surface area contributed by atoms with Crippen molar-refractivity contribution in [3.63, 3.8) is 0 Å². The maximum Gasteiger partial charge on any atom is 0.218 e. The molecule has 0 aliphatic heterocycles. The van der Waals surface area contributed by atoms with Gasteiger partial charge in [-0.3, -0.25) is 0 Å². The molecule has 0 fully saturated rings. The van der Waals surface area contributed by atoms with E-state index in [4.69, 9.17) is 10.5 Å². The van der Waals surface area contributed by atoms with Crippen LogP contribution in [0.3, 0.4) is 0 Å². The molecule has 90 valence electrons. The molecular formula is C11H15N5O. The predicted molar refractivity (Wildman–Crippen MR) is 62.5 cm³/mol. The van der Waals surface area contributed by atoms with Gasteiger partial charge in [-0.05, 0) is 13.0 Å². The van der Waals surface area contributed by atoms with Gasteiger partial charge in [-0.2, -0.15) is 0 Å². The Balaban J connectivity index is 2.19. The number of nitrogens with two attached hydrogens (primary N) is 1. The Hall–Kier alpha value is -1.95.